The van der Waals surface area contributed by atoms with Crippen LogP contribution in [-0.4, -0.2) is 19.1 Å². The molecule has 3 nitrogen and oxygen atoms in total. The van der Waals surface area contributed by atoms with Gasteiger partial charge in [0, 0.05) is 12.1 Å². The molecule has 106 valence electrons. The Morgan fingerprint density at radius 1 is 1.25 bits per heavy atom. The molecule has 1 aromatic carbocycles. The summed E-state index contributed by atoms with van der Waals surface area (Å²) >= 11 is 0. The molecule has 0 aliphatic heterocycles. The van der Waals surface area contributed by atoms with Gasteiger partial charge >= 0.3 is 5.97 Å². The molecule has 3 rings (SSSR count). The third kappa shape index (κ3) is 2.50. The van der Waals surface area contributed by atoms with E-state index >= 15 is 0 Å². The van der Waals surface area contributed by atoms with Crippen LogP contribution < -0.4 is 5.73 Å². The Kier molecular flexibility index (Phi) is 3.62. The first-order valence-corrected chi connectivity index (χ1v) is 7.31. The summed E-state index contributed by atoms with van der Waals surface area (Å²) in [6.07, 6.45) is 8.00. The number of nitrogens with two attached hydrogens (primary N) is 1. The van der Waals surface area contributed by atoms with E-state index in [-0.39, 0.29) is 5.97 Å². The molecule has 1 aromatic rings. The second kappa shape index (κ2) is 5.41. The Bertz CT molecular complexity index is 550. The Morgan fingerprint density at radius 3 is 2.65 bits per heavy atom. The van der Waals surface area contributed by atoms with E-state index in [1.165, 1.54) is 37.2 Å². The molecular formula is C17H21NO2. The van der Waals surface area contributed by atoms with E-state index in [1.54, 1.807) is 0 Å². The van der Waals surface area contributed by atoms with Gasteiger partial charge in [0.25, 0.3) is 0 Å². The normalized spacial score (nSPS) is 28.2. The largest absolute Gasteiger partial charge is 0.466 e. The Hall–Kier alpha value is -1.61. The minimum Gasteiger partial charge on any atom is -0.466 e. The Labute approximate surface area is 119 Å². The van der Waals surface area contributed by atoms with Crippen molar-refractivity contribution in [3.8, 4) is 0 Å². The topological polar surface area (TPSA) is 52.3 Å². The van der Waals surface area contributed by atoms with E-state index in [0.717, 1.165) is 18.4 Å². The van der Waals surface area contributed by atoms with Gasteiger partial charge in [-0.2, -0.15) is 0 Å². The summed E-state index contributed by atoms with van der Waals surface area (Å²) in [7, 11) is 1.39. The average molecular weight is 271 g/mol. The first-order chi connectivity index (χ1) is 9.67. The van der Waals surface area contributed by atoms with E-state index in [4.69, 9.17) is 5.73 Å². The molecular weight excluding hydrogens is 250 g/mol. The lowest BCUT2D eigenvalue weighted by Gasteiger charge is -2.15. The second-order valence-corrected chi connectivity index (χ2v) is 5.97. The number of rotatable bonds is 2. The summed E-state index contributed by atoms with van der Waals surface area (Å²) < 4.78 is 4.62. The highest BCUT2D eigenvalue weighted by molar-refractivity contribution is 5.86. The quantitative estimate of drug-likeness (QED) is 0.663. The van der Waals surface area contributed by atoms with Gasteiger partial charge in [0.15, 0.2) is 0 Å². The maximum atomic E-state index is 11.2. The highest BCUT2D eigenvalue weighted by atomic mass is 16.5. The molecule has 0 saturated heterocycles. The SMILES string of the molecule is COC(=O)C=Cc1ccc2c(c1)CC1CCC(C2)C1N. The molecule has 3 heteroatoms. The van der Waals surface area contributed by atoms with Crippen LogP contribution in [0.1, 0.15) is 29.5 Å². The highest BCUT2D eigenvalue weighted by Gasteiger charge is 2.36. The minimum atomic E-state index is -0.318. The minimum absolute atomic E-state index is 0.318. The molecule has 0 amide bonds. The maximum absolute atomic E-state index is 11.2. The molecule has 0 aromatic heterocycles. The third-order valence-electron chi connectivity index (χ3n) is 4.80. The molecule has 3 unspecified atom stereocenters. The number of methoxy groups -OCH3 is 1. The molecule has 2 N–H and O–H groups in total. The number of fused-ring (bicyclic) bond motifs is 3. The average Bonchev–Trinajstić information content (AvgIpc) is 2.71. The van der Waals surface area contributed by atoms with Crippen molar-refractivity contribution >= 4 is 12.0 Å². The number of carbonyl (C=O) groups is 1. The van der Waals surface area contributed by atoms with Crippen LogP contribution >= 0.6 is 0 Å². The van der Waals surface area contributed by atoms with Crippen molar-refractivity contribution in [1.29, 1.82) is 0 Å². The molecule has 1 saturated carbocycles. The molecule has 2 aliphatic carbocycles. The number of carbonyl (C=O) groups excluding carboxylic acids is 1. The smallest absolute Gasteiger partial charge is 0.330 e. The van der Waals surface area contributed by atoms with Gasteiger partial charge < -0.3 is 10.5 Å². The summed E-state index contributed by atoms with van der Waals surface area (Å²) in [5, 5.41) is 0. The lowest BCUT2D eigenvalue weighted by Crippen LogP contribution is -2.31. The number of benzene rings is 1. The van der Waals surface area contributed by atoms with Crippen LogP contribution in [0.4, 0.5) is 0 Å². The standard InChI is InChI=1S/C17H21NO2/c1-20-16(19)7-3-11-2-4-12-9-13-5-6-14(17(13)18)10-15(12)8-11/h2-4,7-8,13-14,17H,5-6,9-10,18H2,1H3. The zero-order valence-corrected chi connectivity index (χ0v) is 11.8. The third-order valence-corrected chi connectivity index (χ3v) is 4.80. The molecule has 0 spiro atoms. The fourth-order valence-corrected chi connectivity index (χ4v) is 3.61. The van der Waals surface area contributed by atoms with Crippen molar-refractivity contribution < 1.29 is 9.53 Å². The van der Waals surface area contributed by atoms with Crippen LogP contribution in [0.3, 0.4) is 0 Å². The predicted octanol–water partition coefficient (Wildman–Crippen LogP) is 2.32. The summed E-state index contributed by atoms with van der Waals surface area (Å²) in [5.74, 6) is 0.958. The van der Waals surface area contributed by atoms with Gasteiger partial charge in [-0.05, 0) is 60.3 Å². The summed E-state index contributed by atoms with van der Waals surface area (Å²) in [5.41, 5.74) is 10.2. The van der Waals surface area contributed by atoms with Crippen molar-refractivity contribution in [2.75, 3.05) is 7.11 Å². The van der Waals surface area contributed by atoms with E-state index < -0.39 is 0 Å². The van der Waals surface area contributed by atoms with Crippen LogP contribution in [0.5, 0.6) is 0 Å². The fraction of sp³-hybridized carbons (Fsp3) is 0.471. The summed E-state index contributed by atoms with van der Waals surface area (Å²) in [6.45, 7) is 0. The Balaban J connectivity index is 1.85. The summed E-state index contributed by atoms with van der Waals surface area (Å²) in [6, 6.07) is 6.82. The monoisotopic (exact) mass is 271 g/mol. The van der Waals surface area contributed by atoms with Crippen molar-refractivity contribution in [3.63, 3.8) is 0 Å². The van der Waals surface area contributed by atoms with Crippen molar-refractivity contribution in [1.82, 2.24) is 0 Å². The lowest BCUT2D eigenvalue weighted by molar-refractivity contribution is -0.134. The number of hydrogen-bond donors (Lipinski definition) is 1. The molecule has 3 atom stereocenters. The van der Waals surface area contributed by atoms with Gasteiger partial charge in [-0.3, -0.25) is 0 Å². The summed E-state index contributed by atoms with van der Waals surface area (Å²) in [4.78, 5) is 11.2. The Morgan fingerprint density at radius 2 is 1.95 bits per heavy atom. The van der Waals surface area contributed by atoms with Crippen LogP contribution in [0.2, 0.25) is 0 Å². The van der Waals surface area contributed by atoms with Gasteiger partial charge in [-0.25, -0.2) is 4.79 Å². The molecule has 2 aliphatic rings. The van der Waals surface area contributed by atoms with E-state index in [9.17, 15) is 4.79 Å². The van der Waals surface area contributed by atoms with Gasteiger partial charge in [-0.15, -0.1) is 0 Å². The molecule has 0 radical (unpaired) electrons. The second-order valence-electron chi connectivity index (χ2n) is 5.97. The maximum Gasteiger partial charge on any atom is 0.330 e. The highest BCUT2D eigenvalue weighted by Crippen LogP contribution is 2.39. The first kappa shape index (κ1) is 13.4. The van der Waals surface area contributed by atoms with E-state index in [1.807, 2.05) is 6.08 Å². The van der Waals surface area contributed by atoms with Gasteiger partial charge in [0.1, 0.15) is 0 Å². The number of esters is 1. The van der Waals surface area contributed by atoms with Crippen LogP contribution in [0.15, 0.2) is 24.3 Å². The fourth-order valence-electron chi connectivity index (χ4n) is 3.61. The van der Waals surface area contributed by atoms with E-state index in [2.05, 4.69) is 22.9 Å². The van der Waals surface area contributed by atoms with Crippen LogP contribution in [-0.2, 0) is 22.4 Å². The van der Waals surface area contributed by atoms with Gasteiger partial charge in [0.2, 0.25) is 0 Å². The first-order valence-electron chi connectivity index (χ1n) is 7.31. The van der Waals surface area contributed by atoms with Crippen molar-refractivity contribution in [3.05, 3.63) is 41.0 Å². The molecule has 1 fully saturated rings. The molecule has 20 heavy (non-hydrogen) atoms. The van der Waals surface area contributed by atoms with Crippen LogP contribution in [0.25, 0.3) is 6.08 Å². The van der Waals surface area contributed by atoms with Gasteiger partial charge in [-0.1, -0.05) is 18.2 Å². The molecule has 2 bridgehead atoms. The number of hydrogen-bond acceptors (Lipinski definition) is 3. The van der Waals surface area contributed by atoms with Crippen molar-refractivity contribution in [2.24, 2.45) is 17.6 Å². The van der Waals surface area contributed by atoms with E-state index in [0.29, 0.717) is 17.9 Å². The molecule has 0 heterocycles. The zero-order valence-electron chi connectivity index (χ0n) is 11.8. The predicted molar refractivity (Wildman–Crippen MR) is 79.1 cm³/mol. The lowest BCUT2D eigenvalue weighted by atomic mass is 9.92. The van der Waals surface area contributed by atoms with Crippen molar-refractivity contribution in [2.45, 2.75) is 31.7 Å². The zero-order chi connectivity index (χ0) is 14.1. The number of ether oxygens (including phenoxy) is 1. The van der Waals surface area contributed by atoms with Crippen LogP contribution in [0, 0.1) is 11.8 Å². The van der Waals surface area contributed by atoms with Gasteiger partial charge in [0.05, 0.1) is 7.11 Å².